The predicted molar refractivity (Wildman–Crippen MR) is 68.6 cm³/mol. The second-order valence-electron chi connectivity index (χ2n) is 5.11. The molecule has 1 unspecified atom stereocenters. The highest BCUT2D eigenvalue weighted by Crippen LogP contribution is 2.33. The molecule has 0 aliphatic heterocycles. The fourth-order valence-corrected chi connectivity index (χ4v) is 2.90. The van der Waals surface area contributed by atoms with Gasteiger partial charge in [-0.1, -0.05) is 37.5 Å². The highest BCUT2D eigenvalue weighted by atomic mass is 16.5. The highest BCUT2D eigenvalue weighted by Gasteiger charge is 2.28. The van der Waals surface area contributed by atoms with Crippen molar-refractivity contribution in [3.63, 3.8) is 0 Å². The van der Waals surface area contributed by atoms with Crippen LogP contribution in [0.15, 0.2) is 23.8 Å². The van der Waals surface area contributed by atoms with Crippen LogP contribution in [0, 0.1) is 5.92 Å². The minimum Gasteiger partial charge on any atom is -0.457 e. The molecule has 1 fully saturated rings. The summed E-state index contributed by atoms with van der Waals surface area (Å²) in [6.07, 6.45) is 15.0. The predicted octanol–water partition coefficient (Wildman–Crippen LogP) is 3.77. The maximum atomic E-state index is 11.3. The zero-order valence-corrected chi connectivity index (χ0v) is 10.7. The normalized spacial score (nSPS) is 23.0. The van der Waals surface area contributed by atoms with Crippen LogP contribution >= 0.6 is 0 Å². The summed E-state index contributed by atoms with van der Waals surface area (Å²) in [5.41, 5.74) is 1.22. The van der Waals surface area contributed by atoms with Gasteiger partial charge in [-0.2, -0.15) is 0 Å². The zero-order chi connectivity index (χ0) is 12.1. The van der Waals surface area contributed by atoms with Crippen LogP contribution in [0.25, 0.3) is 0 Å². The van der Waals surface area contributed by atoms with E-state index in [0.29, 0.717) is 5.92 Å². The SMILES string of the molecule is CC(=O)OC(C1=CCCC=C1)C1CCCCC1. The minimum atomic E-state index is -0.152. The molecule has 2 nitrogen and oxygen atoms in total. The van der Waals surface area contributed by atoms with E-state index in [-0.39, 0.29) is 12.1 Å². The molecule has 0 bridgehead atoms. The van der Waals surface area contributed by atoms with Crippen LogP contribution < -0.4 is 0 Å². The van der Waals surface area contributed by atoms with E-state index >= 15 is 0 Å². The molecule has 0 aromatic carbocycles. The molecule has 0 amide bonds. The highest BCUT2D eigenvalue weighted by molar-refractivity contribution is 5.66. The number of carbonyl (C=O) groups excluding carboxylic acids is 1. The van der Waals surface area contributed by atoms with E-state index in [0.717, 1.165) is 12.8 Å². The first-order chi connectivity index (χ1) is 8.27. The topological polar surface area (TPSA) is 26.3 Å². The molecular weight excluding hydrogens is 212 g/mol. The average Bonchev–Trinajstić information content (AvgIpc) is 2.38. The molecule has 94 valence electrons. The van der Waals surface area contributed by atoms with Gasteiger partial charge in [0.25, 0.3) is 0 Å². The standard InChI is InChI=1S/C15H22O2/c1-12(16)17-15(13-8-4-2-5-9-13)14-10-6-3-7-11-14/h4,8-9,14-15H,2-3,5-7,10-11H2,1H3. The van der Waals surface area contributed by atoms with E-state index in [2.05, 4.69) is 18.2 Å². The Hall–Kier alpha value is -1.05. The third-order valence-electron chi connectivity index (χ3n) is 3.72. The molecule has 0 heterocycles. The number of rotatable bonds is 3. The number of hydrogen-bond donors (Lipinski definition) is 0. The molecule has 17 heavy (non-hydrogen) atoms. The van der Waals surface area contributed by atoms with Crippen molar-refractivity contribution in [1.82, 2.24) is 0 Å². The van der Waals surface area contributed by atoms with Gasteiger partial charge >= 0.3 is 5.97 Å². The van der Waals surface area contributed by atoms with Crippen LogP contribution in [0.4, 0.5) is 0 Å². The first-order valence-corrected chi connectivity index (χ1v) is 6.81. The largest absolute Gasteiger partial charge is 0.457 e. The third-order valence-corrected chi connectivity index (χ3v) is 3.72. The van der Waals surface area contributed by atoms with Crippen molar-refractivity contribution in [2.45, 2.75) is 58.0 Å². The van der Waals surface area contributed by atoms with E-state index in [9.17, 15) is 4.79 Å². The quantitative estimate of drug-likeness (QED) is 0.695. The van der Waals surface area contributed by atoms with Gasteiger partial charge in [0.05, 0.1) is 0 Å². The second-order valence-corrected chi connectivity index (χ2v) is 5.11. The summed E-state index contributed by atoms with van der Waals surface area (Å²) in [4.78, 5) is 11.3. The summed E-state index contributed by atoms with van der Waals surface area (Å²) in [6.45, 7) is 1.52. The number of allylic oxidation sites excluding steroid dienone is 2. The van der Waals surface area contributed by atoms with E-state index < -0.39 is 0 Å². The minimum absolute atomic E-state index is 0.00403. The maximum Gasteiger partial charge on any atom is 0.303 e. The Morgan fingerprint density at radius 1 is 1.29 bits per heavy atom. The summed E-state index contributed by atoms with van der Waals surface area (Å²) in [5.74, 6) is 0.377. The van der Waals surface area contributed by atoms with Crippen LogP contribution in [-0.4, -0.2) is 12.1 Å². The van der Waals surface area contributed by atoms with Crippen molar-refractivity contribution >= 4 is 5.97 Å². The molecule has 0 N–H and O–H groups in total. The van der Waals surface area contributed by atoms with Crippen LogP contribution in [0.2, 0.25) is 0 Å². The van der Waals surface area contributed by atoms with Gasteiger partial charge in [0.1, 0.15) is 6.10 Å². The van der Waals surface area contributed by atoms with Gasteiger partial charge in [-0.25, -0.2) is 0 Å². The van der Waals surface area contributed by atoms with Gasteiger partial charge in [-0.05, 0) is 31.3 Å². The van der Waals surface area contributed by atoms with Crippen molar-refractivity contribution in [3.05, 3.63) is 23.8 Å². The average molecular weight is 234 g/mol. The molecule has 0 saturated heterocycles. The van der Waals surface area contributed by atoms with Gasteiger partial charge in [-0.3, -0.25) is 4.79 Å². The second kappa shape index (κ2) is 6.04. The molecule has 0 aromatic heterocycles. The van der Waals surface area contributed by atoms with E-state index in [1.54, 1.807) is 0 Å². The summed E-state index contributed by atoms with van der Waals surface area (Å²) < 4.78 is 5.57. The Balaban J connectivity index is 2.08. The molecule has 2 rings (SSSR count). The smallest absolute Gasteiger partial charge is 0.303 e. The summed E-state index contributed by atoms with van der Waals surface area (Å²) in [6, 6.07) is 0. The van der Waals surface area contributed by atoms with Gasteiger partial charge in [0.2, 0.25) is 0 Å². The number of ether oxygens (including phenoxy) is 1. The molecule has 0 radical (unpaired) electrons. The van der Waals surface area contributed by atoms with E-state index in [1.165, 1.54) is 44.6 Å². The maximum absolute atomic E-state index is 11.3. The van der Waals surface area contributed by atoms with Crippen LogP contribution in [0.5, 0.6) is 0 Å². The molecule has 2 aliphatic carbocycles. The van der Waals surface area contributed by atoms with Gasteiger partial charge < -0.3 is 4.74 Å². The summed E-state index contributed by atoms with van der Waals surface area (Å²) in [7, 11) is 0. The lowest BCUT2D eigenvalue weighted by Crippen LogP contribution is -2.29. The summed E-state index contributed by atoms with van der Waals surface area (Å²) in [5, 5.41) is 0. The van der Waals surface area contributed by atoms with Crippen molar-refractivity contribution in [2.24, 2.45) is 5.92 Å². The number of carbonyl (C=O) groups is 1. The van der Waals surface area contributed by atoms with Crippen LogP contribution in [-0.2, 0) is 9.53 Å². The molecular formula is C15H22O2. The third kappa shape index (κ3) is 3.45. The number of esters is 1. The molecule has 2 heteroatoms. The van der Waals surface area contributed by atoms with E-state index in [1.807, 2.05) is 0 Å². The van der Waals surface area contributed by atoms with Crippen molar-refractivity contribution in [3.8, 4) is 0 Å². The Labute approximate surface area is 104 Å². The van der Waals surface area contributed by atoms with Gasteiger partial charge in [0.15, 0.2) is 0 Å². The van der Waals surface area contributed by atoms with Crippen LogP contribution in [0.3, 0.4) is 0 Å². The van der Waals surface area contributed by atoms with E-state index in [4.69, 9.17) is 4.74 Å². The fourth-order valence-electron chi connectivity index (χ4n) is 2.90. The summed E-state index contributed by atoms with van der Waals surface area (Å²) >= 11 is 0. The Morgan fingerprint density at radius 2 is 2.06 bits per heavy atom. The molecule has 1 saturated carbocycles. The first kappa shape index (κ1) is 12.4. The lowest BCUT2D eigenvalue weighted by atomic mass is 9.81. The molecule has 2 aliphatic rings. The Kier molecular flexibility index (Phi) is 4.41. The number of hydrogen-bond acceptors (Lipinski definition) is 2. The van der Waals surface area contributed by atoms with Crippen LogP contribution in [0.1, 0.15) is 51.9 Å². The van der Waals surface area contributed by atoms with Gasteiger partial charge in [-0.15, -0.1) is 0 Å². The fraction of sp³-hybridized carbons (Fsp3) is 0.667. The Bertz CT molecular complexity index is 322. The molecule has 0 aromatic rings. The molecule has 1 atom stereocenters. The van der Waals surface area contributed by atoms with Crippen molar-refractivity contribution < 1.29 is 9.53 Å². The van der Waals surface area contributed by atoms with Crippen molar-refractivity contribution in [2.75, 3.05) is 0 Å². The lowest BCUT2D eigenvalue weighted by molar-refractivity contribution is -0.147. The zero-order valence-electron chi connectivity index (χ0n) is 10.7. The first-order valence-electron chi connectivity index (χ1n) is 6.81. The molecule has 0 spiro atoms. The van der Waals surface area contributed by atoms with Crippen molar-refractivity contribution in [1.29, 1.82) is 0 Å². The Morgan fingerprint density at radius 3 is 2.65 bits per heavy atom. The van der Waals surface area contributed by atoms with Gasteiger partial charge in [0, 0.05) is 12.8 Å². The monoisotopic (exact) mass is 234 g/mol. The lowest BCUT2D eigenvalue weighted by Gasteiger charge is -2.31.